The van der Waals surface area contributed by atoms with Gasteiger partial charge in [-0.2, -0.15) is 0 Å². The molecule has 0 aliphatic carbocycles. The van der Waals surface area contributed by atoms with Crippen LogP contribution in [0.3, 0.4) is 0 Å². The minimum atomic E-state index is -0.109. The quantitative estimate of drug-likeness (QED) is 0.697. The number of nitrogens with zero attached hydrogens (tertiary/aromatic N) is 3. The van der Waals surface area contributed by atoms with E-state index in [1.807, 2.05) is 24.3 Å². The molecule has 0 radical (unpaired) electrons. The average molecular weight is 391 g/mol. The van der Waals surface area contributed by atoms with E-state index in [9.17, 15) is 4.79 Å². The van der Waals surface area contributed by atoms with Crippen molar-refractivity contribution in [1.82, 2.24) is 14.8 Å². The van der Waals surface area contributed by atoms with Crippen molar-refractivity contribution in [3.8, 4) is 5.75 Å². The van der Waals surface area contributed by atoms with Crippen LogP contribution in [0.5, 0.6) is 5.75 Å². The molecular formula is C19H26N4O3S. The summed E-state index contributed by atoms with van der Waals surface area (Å²) in [6, 6.07) is 7.36. The summed E-state index contributed by atoms with van der Waals surface area (Å²) >= 11 is 1.39. The molecule has 1 aliphatic rings. The second-order valence-electron chi connectivity index (χ2n) is 6.78. The molecule has 0 bridgehead atoms. The zero-order valence-corrected chi connectivity index (χ0v) is 16.8. The van der Waals surface area contributed by atoms with E-state index in [0.717, 1.165) is 37.0 Å². The fourth-order valence-corrected chi connectivity index (χ4v) is 3.82. The Hall–Kier alpha value is -2.06. The van der Waals surface area contributed by atoms with E-state index in [-0.39, 0.29) is 23.7 Å². The predicted octanol–water partition coefficient (Wildman–Crippen LogP) is 3.32. The SMILES string of the molecule is COc1ccccc1NC(=O)CSc1nnc(C(C)C)n1CC1CCCO1. The molecule has 1 aromatic carbocycles. The minimum Gasteiger partial charge on any atom is -0.495 e. The number of rotatable bonds is 8. The highest BCUT2D eigenvalue weighted by molar-refractivity contribution is 7.99. The van der Waals surface area contributed by atoms with E-state index in [1.165, 1.54) is 11.8 Å². The van der Waals surface area contributed by atoms with E-state index in [4.69, 9.17) is 9.47 Å². The average Bonchev–Trinajstić information content (AvgIpc) is 3.31. The van der Waals surface area contributed by atoms with Crippen molar-refractivity contribution in [2.45, 2.75) is 50.4 Å². The van der Waals surface area contributed by atoms with Crippen LogP contribution in [0.4, 0.5) is 5.69 Å². The third kappa shape index (κ3) is 5.01. The van der Waals surface area contributed by atoms with Crippen LogP contribution in [-0.2, 0) is 16.1 Å². The number of methoxy groups -OCH3 is 1. The molecule has 0 spiro atoms. The number of ether oxygens (including phenoxy) is 2. The molecule has 1 unspecified atom stereocenters. The number of amides is 1. The first-order valence-electron chi connectivity index (χ1n) is 9.19. The number of nitrogens with one attached hydrogen (secondary N) is 1. The number of carbonyl (C=O) groups excluding carboxylic acids is 1. The molecule has 1 N–H and O–H groups in total. The highest BCUT2D eigenvalue weighted by Gasteiger charge is 2.22. The highest BCUT2D eigenvalue weighted by Crippen LogP contribution is 2.26. The summed E-state index contributed by atoms with van der Waals surface area (Å²) in [6.45, 7) is 5.74. The van der Waals surface area contributed by atoms with Gasteiger partial charge in [-0.1, -0.05) is 37.7 Å². The molecular weight excluding hydrogens is 364 g/mol. The first-order chi connectivity index (χ1) is 13.1. The van der Waals surface area contributed by atoms with Gasteiger partial charge in [0.1, 0.15) is 11.6 Å². The third-order valence-electron chi connectivity index (χ3n) is 4.39. The van der Waals surface area contributed by atoms with E-state index in [2.05, 4.69) is 33.9 Å². The van der Waals surface area contributed by atoms with Gasteiger partial charge in [-0.15, -0.1) is 10.2 Å². The van der Waals surface area contributed by atoms with Crippen molar-refractivity contribution in [2.75, 3.05) is 24.8 Å². The first kappa shape index (κ1) is 19.7. The van der Waals surface area contributed by atoms with E-state index < -0.39 is 0 Å². The Kier molecular flexibility index (Phi) is 6.73. The van der Waals surface area contributed by atoms with Gasteiger partial charge in [0.15, 0.2) is 5.16 Å². The molecule has 2 aromatic rings. The fraction of sp³-hybridized carbons (Fsp3) is 0.526. The van der Waals surface area contributed by atoms with Crippen LogP contribution in [0, 0.1) is 0 Å². The maximum atomic E-state index is 12.4. The first-order valence-corrected chi connectivity index (χ1v) is 10.2. The Morgan fingerprint density at radius 3 is 2.93 bits per heavy atom. The van der Waals surface area contributed by atoms with E-state index in [1.54, 1.807) is 7.11 Å². The summed E-state index contributed by atoms with van der Waals surface area (Å²) in [7, 11) is 1.58. The molecule has 1 aliphatic heterocycles. The zero-order valence-electron chi connectivity index (χ0n) is 16.0. The van der Waals surface area contributed by atoms with Gasteiger partial charge in [0.25, 0.3) is 0 Å². The smallest absolute Gasteiger partial charge is 0.234 e. The summed E-state index contributed by atoms with van der Waals surface area (Å²) in [5, 5.41) is 12.3. The van der Waals surface area contributed by atoms with Crippen molar-refractivity contribution in [2.24, 2.45) is 0 Å². The monoisotopic (exact) mass is 390 g/mol. The Labute approximate surface area is 163 Å². The van der Waals surface area contributed by atoms with Crippen LogP contribution >= 0.6 is 11.8 Å². The second kappa shape index (κ2) is 9.23. The normalized spacial score (nSPS) is 16.7. The van der Waals surface area contributed by atoms with Gasteiger partial charge < -0.3 is 19.4 Å². The molecule has 1 atom stereocenters. The maximum Gasteiger partial charge on any atom is 0.234 e. The van der Waals surface area contributed by atoms with Gasteiger partial charge in [0.05, 0.1) is 31.2 Å². The standard InChI is InChI=1S/C19H26N4O3S/c1-13(2)18-21-22-19(23(18)11-14-7-6-10-26-14)27-12-17(24)20-15-8-4-5-9-16(15)25-3/h4-5,8-9,13-14H,6-7,10-12H2,1-3H3,(H,20,24). The topological polar surface area (TPSA) is 78.3 Å². The van der Waals surface area contributed by atoms with Crippen LogP contribution < -0.4 is 10.1 Å². The minimum absolute atomic E-state index is 0.109. The summed E-state index contributed by atoms with van der Waals surface area (Å²) in [5.41, 5.74) is 0.661. The van der Waals surface area contributed by atoms with Crippen molar-refractivity contribution in [3.63, 3.8) is 0 Å². The molecule has 8 heteroatoms. The van der Waals surface area contributed by atoms with Gasteiger partial charge in [-0.3, -0.25) is 4.79 Å². The Bertz CT molecular complexity index is 772. The molecule has 27 heavy (non-hydrogen) atoms. The second-order valence-corrected chi connectivity index (χ2v) is 7.72. The van der Waals surface area contributed by atoms with Crippen LogP contribution in [0.1, 0.15) is 38.4 Å². The number of hydrogen-bond donors (Lipinski definition) is 1. The van der Waals surface area contributed by atoms with Gasteiger partial charge >= 0.3 is 0 Å². The third-order valence-corrected chi connectivity index (χ3v) is 5.35. The molecule has 1 saturated heterocycles. The summed E-state index contributed by atoms with van der Waals surface area (Å²) < 4.78 is 13.1. The van der Waals surface area contributed by atoms with Crippen molar-refractivity contribution >= 4 is 23.4 Å². The molecule has 1 amide bonds. The number of para-hydroxylation sites is 2. The number of thioether (sulfide) groups is 1. The van der Waals surface area contributed by atoms with Gasteiger partial charge in [0, 0.05) is 12.5 Å². The molecule has 1 fully saturated rings. The van der Waals surface area contributed by atoms with Crippen molar-refractivity contribution in [3.05, 3.63) is 30.1 Å². The van der Waals surface area contributed by atoms with Crippen molar-refractivity contribution < 1.29 is 14.3 Å². The van der Waals surface area contributed by atoms with Crippen LogP contribution in [0.25, 0.3) is 0 Å². The molecule has 3 rings (SSSR count). The zero-order chi connectivity index (χ0) is 19.2. The lowest BCUT2D eigenvalue weighted by atomic mass is 10.2. The predicted molar refractivity (Wildman–Crippen MR) is 105 cm³/mol. The molecule has 0 saturated carbocycles. The van der Waals surface area contributed by atoms with Crippen LogP contribution in [-0.4, -0.2) is 46.2 Å². The number of carbonyl (C=O) groups is 1. The maximum absolute atomic E-state index is 12.4. The van der Waals surface area contributed by atoms with E-state index >= 15 is 0 Å². The van der Waals surface area contributed by atoms with Crippen LogP contribution in [0.15, 0.2) is 29.4 Å². The Balaban J connectivity index is 1.65. The van der Waals surface area contributed by atoms with Crippen molar-refractivity contribution in [1.29, 1.82) is 0 Å². The number of benzene rings is 1. The highest BCUT2D eigenvalue weighted by atomic mass is 32.2. The number of hydrogen-bond acceptors (Lipinski definition) is 6. The molecule has 7 nitrogen and oxygen atoms in total. The molecule has 146 valence electrons. The van der Waals surface area contributed by atoms with Gasteiger partial charge in [-0.25, -0.2) is 0 Å². The number of aromatic nitrogens is 3. The van der Waals surface area contributed by atoms with Gasteiger partial charge in [0.2, 0.25) is 5.91 Å². The lowest BCUT2D eigenvalue weighted by Gasteiger charge is -2.16. The van der Waals surface area contributed by atoms with Gasteiger partial charge in [-0.05, 0) is 25.0 Å². The van der Waals surface area contributed by atoms with Crippen LogP contribution in [0.2, 0.25) is 0 Å². The Morgan fingerprint density at radius 1 is 1.41 bits per heavy atom. The fourth-order valence-electron chi connectivity index (χ4n) is 3.06. The lowest BCUT2D eigenvalue weighted by Crippen LogP contribution is -2.19. The summed E-state index contributed by atoms with van der Waals surface area (Å²) in [4.78, 5) is 12.4. The van der Waals surface area contributed by atoms with E-state index in [0.29, 0.717) is 11.4 Å². The lowest BCUT2D eigenvalue weighted by molar-refractivity contribution is -0.113. The molecule has 2 heterocycles. The number of anilines is 1. The Morgan fingerprint density at radius 2 is 2.22 bits per heavy atom. The molecule has 1 aromatic heterocycles. The largest absolute Gasteiger partial charge is 0.495 e. The summed E-state index contributed by atoms with van der Waals surface area (Å²) in [6.07, 6.45) is 2.34. The summed E-state index contributed by atoms with van der Waals surface area (Å²) in [5.74, 6) is 1.97.